The standard InChI is InChI=1S/C15H28ClNO/c1-13(12-17-10-6-7-11-17)18-14(16)15(2)8-4-3-5-9-15/h13-14H,3-12H2,1-2H3. The minimum Gasteiger partial charge on any atom is -0.358 e. The second-order valence-corrected chi connectivity index (χ2v) is 6.88. The van der Waals surface area contributed by atoms with Crippen molar-refractivity contribution in [2.24, 2.45) is 5.41 Å². The summed E-state index contributed by atoms with van der Waals surface area (Å²) in [6, 6.07) is 0. The van der Waals surface area contributed by atoms with Crippen LogP contribution in [0.25, 0.3) is 0 Å². The quantitative estimate of drug-likeness (QED) is 0.702. The van der Waals surface area contributed by atoms with Gasteiger partial charge in [0.1, 0.15) is 5.56 Å². The van der Waals surface area contributed by atoms with Crippen LogP contribution in [-0.2, 0) is 4.74 Å². The van der Waals surface area contributed by atoms with Gasteiger partial charge < -0.3 is 9.64 Å². The second-order valence-electron chi connectivity index (χ2n) is 6.49. The average molecular weight is 274 g/mol. The molecule has 0 aromatic rings. The van der Waals surface area contributed by atoms with Gasteiger partial charge in [0, 0.05) is 12.0 Å². The molecule has 18 heavy (non-hydrogen) atoms. The highest BCUT2D eigenvalue weighted by atomic mass is 35.5. The Morgan fingerprint density at radius 2 is 1.72 bits per heavy atom. The molecule has 0 radical (unpaired) electrons. The Morgan fingerprint density at radius 1 is 1.11 bits per heavy atom. The minimum atomic E-state index is -0.115. The minimum absolute atomic E-state index is 0.115. The predicted octanol–water partition coefficient (Wildman–Crippen LogP) is 4.02. The number of alkyl halides is 1. The van der Waals surface area contributed by atoms with Gasteiger partial charge in [-0.1, -0.05) is 37.8 Å². The molecule has 3 heteroatoms. The molecule has 0 N–H and O–H groups in total. The fraction of sp³-hybridized carbons (Fsp3) is 1.00. The number of hydrogen-bond donors (Lipinski definition) is 0. The Bertz CT molecular complexity index is 247. The van der Waals surface area contributed by atoms with Gasteiger partial charge in [-0.15, -0.1) is 0 Å². The van der Waals surface area contributed by atoms with Gasteiger partial charge in [0.05, 0.1) is 6.10 Å². The molecule has 1 saturated carbocycles. The summed E-state index contributed by atoms with van der Waals surface area (Å²) in [7, 11) is 0. The Kier molecular flexibility index (Phi) is 5.35. The average Bonchev–Trinajstić information content (AvgIpc) is 2.82. The smallest absolute Gasteiger partial charge is 0.136 e. The van der Waals surface area contributed by atoms with Gasteiger partial charge in [0.25, 0.3) is 0 Å². The first-order chi connectivity index (χ1) is 8.60. The van der Waals surface area contributed by atoms with Gasteiger partial charge in [0.15, 0.2) is 0 Å². The van der Waals surface area contributed by atoms with Crippen LogP contribution in [0.2, 0.25) is 0 Å². The first-order valence-corrected chi connectivity index (χ1v) is 8.06. The topological polar surface area (TPSA) is 12.5 Å². The summed E-state index contributed by atoms with van der Waals surface area (Å²) in [5.74, 6) is 0. The van der Waals surface area contributed by atoms with Crippen molar-refractivity contribution in [3.63, 3.8) is 0 Å². The molecule has 1 aliphatic heterocycles. The molecule has 0 amide bonds. The third-order valence-corrected chi connectivity index (χ3v) is 5.24. The maximum absolute atomic E-state index is 6.54. The van der Waals surface area contributed by atoms with E-state index in [4.69, 9.17) is 16.3 Å². The van der Waals surface area contributed by atoms with Crippen molar-refractivity contribution in [1.29, 1.82) is 0 Å². The first kappa shape index (κ1) is 14.6. The van der Waals surface area contributed by atoms with Gasteiger partial charge in [-0.3, -0.25) is 0 Å². The maximum Gasteiger partial charge on any atom is 0.136 e. The molecule has 0 bridgehead atoms. The lowest BCUT2D eigenvalue weighted by Crippen LogP contribution is -2.38. The highest BCUT2D eigenvalue weighted by molar-refractivity contribution is 6.20. The van der Waals surface area contributed by atoms with Crippen molar-refractivity contribution >= 4 is 11.6 Å². The van der Waals surface area contributed by atoms with Gasteiger partial charge >= 0.3 is 0 Å². The zero-order valence-electron chi connectivity index (χ0n) is 12.0. The largest absolute Gasteiger partial charge is 0.358 e. The van der Waals surface area contributed by atoms with E-state index in [1.54, 1.807) is 0 Å². The molecule has 1 heterocycles. The summed E-state index contributed by atoms with van der Waals surface area (Å²) in [5.41, 5.74) is 0.0782. The normalized spacial score (nSPS) is 28.2. The summed E-state index contributed by atoms with van der Waals surface area (Å²) >= 11 is 6.54. The Labute approximate surface area is 117 Å². The summed E-state index contributed by atoms with van der Waals surface area (Å²) in [5, 5.41) is 0. The van der Waals surface area contributed by atoms with Crippen LogP contribution in [0.5, 0.6) is 0 Å². The van der Waals surface area contributed by atoms with E-state index in [-0.39, 0.29) is 17.1 Å². The van der Waals surface area contributed by atoms with Crippen molar-refractivity contribution < 1.29 is 4.74 Å². The van der Waals surface area contributed by atoms with Crippen LogP contribution >= 0.6 is 11.6 Å². The molecule has 2 nitrogen and oxygen atoms in total. The summed E-state index contributed by atoms with van der Waals surface area (Å²) < 4.78 is 6.08. The van der Waals surface area contributed by atoms with E-state index in [1.807, 2.05) is 0 Å². The lowest BCUT2D eigenvalue weighted by Gasteiger charge is -2.38. The monoisotopic (exact) mass is 273 g/mol. The Morgan fingerprint density at radius 3 is 2.33 bits per heavy atom. The molecule has 106 valence electrons. The van der Waals surface area contributed by atoms with Crippen LogP contribution in [0, 0.1) is 5.41 Å². The van der Waals surface area contributed by atoms with Crippen molar-refractivity contribution in [1.82, 2.24) is 4.90 Å². The molecule has 2 fully saturated rings. The fourth-order valence-electron chi connectivity index (χ4n) is 3.33. The highest BCUT2D eigenvalue weighted by Crippen LogP contribution is 2.42. The van der Waals surface area contributed by atoms with Crippen LogP contribution in [-0.4, -0.2) is 36.2 Å². The predicted molar refractivity (Wildman–Crippen MR) is 77.1 cm³/mol. The van der Waals surface area contributed by atoms with Crippen LogP contribution in [0.15, 0.2) is 0 Å². The number of hydrogen-bond acceptors (Lipinski definition) is 2. The molecule has 1 aliphatic carbocycles. The van der Waals surface area contributed by atoms with Crippen molar-refractivity contribution in [3.05, 3.63) is 0 Å². The molecule has 2 aliphatic rings. The second kappa shape index (κ2) is 6.58. The number of ether oxygens (including phenoxy) is 1. The van der Waals surface area contributed by atoms with E-state index in [2.05, 4.69) is 18.7 Å². The van der Waals surface area contributed by atoms with Crippen molar-refractivity contribution in [3.8, 4) is 0 Å². The molecule has 2 rings (SSSR count). The lowest BCUT2D eigenvalue weighted by molar-refractivity contribution is -0.0465. The Balaban J connectivity index is 1.76. The maximum atomic E-state index is 6.54. The molecule has 2 unspecified atom stereocenters. The molecule has 0 aromatic heterocycles. The van der Waals surface area contributed by atoms with Gasteiger partial charge in [0.2, 0.25) is 0 Å². The van der Waals surface area contributed by atoms with Crippen molar-refractivity contribution in [2.75, 3.05) is 19.6 Å². The lowest BCUT2D eigenvalue weighted by atomic mass is 9.76. The van der Waals surface area contributed by atoms with Crippen LogP contribution in [0.1, 0.15) is 58.8 Å². The van der Waals surface area contributed by atoms with E-state index in [0.29, 0.717) is 0 Å². The first-order valence-electron chi connectivity index (χ1n) is 7.62. The van der Waals surface area contributed by atoms with E-state index >= 15 is 0 Å². The summed E-state index contributed by atoms with van der Waals surface area (Å²) in [6.07, 6.45) is 9.36. The fourth-order valence-corrected chi connectivity index (χ4v) is 3.72. The van der Waals surface area contributed by atoms with Crippen molar-refractivity contribution in [2.45, 2.75) is 70.5 Å². The van der Waals surface area contributed by atoms with Gasteiger partial charge in [-0.2, -0.15) is 0 Å². The zero-order chi connectivity index (χ0) is 13.0. The van der Waals surface area contributed by atoms with Crippen LogP contribution in [0.3, 0.4) is 0 Å². The molecular weight excluding hydrogens is 246 g/mol. The molecule has 0 aromatic carbocycles. The third kappa shape index (κ3) is 3.85. The number of likely N-dealkylation sites (tertiary alicyclic amines) is 1. The number of nitrogens with zero attached hydrogens (tertiary/aromatic N) is 1. The Hall–Kier alpha value is 0.210. The van der Waals surface area contributed by atoms with Gasteiger partial charge in [-0.05, 0) is 45.7 Å². The SMILES string of the molecule is CC(CN1CCCC1)OC(Cl)C1(C)CCCCC1. The van der Waals surface area contributed by atoms with E-state index in [9.17, 15) is 0 Å². The number of halogens is 1. The molecule has 2 atom stereocenters. The van der Waals surface area contributed by atoms with Crippen LogP contribution in [0.4, 0.5) is 0 Å². The van der Waals surface area contributed by atoms with E-state index in [1.165, 1.54) is 58.0 Å². The van der Waals surface area contributed by atoms with E-state index < -0.39 is 0 Å². The zero-order valence-corrected chi connectivity index (χ0v) is 12.7. The third-order valence-electron chi connectivity index (χ3n) is 4.61. The van der Waals surface area contributed by atoms with Crippen LogP contribution < -0.4 is 0 Å². The molecular formula is C15H28ClNO. The van der Waals surface area contributed by atoms with E-state index in [0.717, 1.165) is 6.54 Å². The number of rotatable bonds is 5. The highest BCUT2D eigenvalue weighted by Gasteiger charge is 2.36. The summed E-state index contributed by atoms with van der Waals surface area (Å²) in [4.78, 5) is 2.50. The summed E-state index contributed by atoms with van der Waals surface area (Å²) in [6.45, 7) is 7.97. The molecule has 1 saturated heterocycles. The van der Waals surface area contributed by atoms with Gasteiger partial charge in [-0.25, -0.2) is 0 Å². The molecule has 0 spiro atoms.